The first-order valence-corrected chi connectivity index (χ1v) is 14.9. The van der Waals surface area contributed by atoms with Crippen molar-refractivity contribution in [3.05, 3.63) is 22.9 Å². The van der Waals surface area contributed by atoms with Gasteiger partial charge in [-0.25, -0.2) is 15.0 Å². The van der Waals surface area contributed by atoms with Crippen LogP contribution in [0.3, 0.4) is 0 Å². The van der Waals surface area contributed by atoms with Gasteiger partial charge in [0.1, 0.15) is 19.5 Å². The van der Waals surface area contributed by atoms with Gasteiger partial charge < -0.3 is 29.4 Å². The fourth-order valence-electron chi connectivity index (χ4n) is 4.64. The molecule has 13 heteroatoms. The molecular weight excluding hydrogens is 600 g/mol. The average Bonchev–Trinajstić information content (AvgIpc) is 3.26. The Morgan fingerprint density at radius 1 is 1.18 bits per heavy atom. The molecule has 1 atom stereocenters. The number of hydrogen-bond acceptors (Lipinski definition) is 10. The van der Waals surface area contributed by atoms with Crippen LogP contribution in [-0.4, -0.2) is 68.7 Å². The smallest absolute Gasteiger partial charge is 0.311 e. The first-order valence-electron chi connectivity index (χ1n) is 13.2. The zero-order valence-electron chi connectivity index (χ0n) is 23.0. The van der Waals surface area contributed by atoms with E-state index in [1.54, 1.807) is 32.6 Å². The molecule has 1 fully saturated rings. The van der Waals surface area contributed by atoms with Crippen molar-refractivity contribution in [2.45, 2.75) is 63.2 Å². The minimum atomic E-state index is -0.812. The number of rotatable bonds is 6. The second-order valence-corrected chi connectivity index (χ2v) is 12.9. The first kappa shape index (κ1) is 28.5. The SMILES string of the molecule is C[C@@H](OC(=O)C(C)(C)C)C(=O)N1CCC(Cn2c(Sc3cc4c(cc3Br)OCCO4)nc3c(N)ncnc32)CC1. The number of likely N-dealkylation sites (tertiary alicyclic amines) is 1. The van der Waals surface area contributed by atoms with Gasteiger partial charge in [-0.1, -0.05) is 11.8 Å². The minimum absolute atomic E-state index is 0.163. The van der Waals surface area contributed by atoms with E-state index in [-0.39, 0.29) is 17.8 Å². The highest BCUT2D eigenvalue weighted by Gasteiger charge is 2.32. The van der Waals surface area contributed by atoms with Crippen LogP contribution >= 0.6 is 27.7 Å². The number of carbonyl (C=O) groups excluding carboxylic acids is 2. The molecule has 0 aliphatic carbocycles. The Labute approximate surface area is 245 Å². The van der Waals surface area contributed by atoms with Crippen molar-refractivity contribution < 1.29 is 23.8 Å². The summed E-state index contributed by atoms with van der Waals surface area (Å²) >= 11 is 5.14. The molecule has 1 amide bonds. The number of esters is 1. The summed E-state index contributed by atoms with van der Waals surface area (Å²) in [5.74, 6) is 1.46. The number of fused-ring (bicyclic) bond motifs is 2. The van der Waals surface area contributed by atoms with Crippen molar-refractivity contribution in [3.63, 3.8) is 0 Å². The van der Waals surface area contributed by atoms with Crippen LogP contribution in [0.5, 0.6) is 11.5 Å². The standard InChI is InChI=1S/C27H33BrN6O5S/c1-15(39-25(36)27(2,3)4)24(35)33-7-5-16(6-8-33)13-34-23-21(22(29)30-14-31-23)32-26(34)40-20-12-19-18(11-17(20)28)37-9-10-38-19/h11-12,14-16H,5-10,13H2,1-4H3,(H2,29,30,31)/t15-/m1/s1. The quantitative estimate of drug-likeness (QED) is 0.392. The molecule has 5 rings (SSSR count). The molecule has 40 heavy (non-hydrogen) atoms. The van der Waals surface area contributed by atoms with E-state index in [0.29, 0.717) is 61.3 Å². The predicted molar refractivity (Wildman–Crippen MR) is 153 cm³/mol. The molecule has 0 bridgehead atoms. The molecule has 2 aromatic heterocycles. The van der Waals surface area contributed by atoms with Crippen molar-refractivity contribution in [1.29, 1.82) is 0 Å². The zero-order chi connectivity index (χ0) is 28.6. The number of anilines is 1. The third-order valence-corrected chi connectivity index (χ3v) is 8.90. The molecule has 0 unspecified atom stereocenters. The number of halogens is 1. The Bertz CT molecular complexity index is 1430. The number of imidazole rings is 1. The number of piperidine rings is 1. The first-order chi connectivity index (χ1) is 19.0. The van der Waals surface area contributed by atoms with E-state index in [2.05, 4.69) is 30.5 Å². The monoisotopic (exact) mass is 632 g/mol. The third kappa shape index (κ3) is 5.99. The Morgan fingerprint density at radius 3 is 2.52 bits per heavy atom. The predicted octanol–water partition coefficient (Wildman–Crippen LogP) is 4.31. The molecule has 3 aromatic rings. The largest absolute Gasteiger partial charge is 0.486 e. The highest BCUT2D eigenvalue weighted by atomic mass is 79.9. The Kier molecular flexibility index (Phi) is 8.14. The number of nitrogens with two attached hydrogens (primary N) is 1. The second kappa shape index (κ2) is 11.4. The number of carbonyl (C=O) groups is 2. The van der Waals surface area contributed by atoms with Gasteiger partial charge in [0.05, 0.1) is 5.41 Å². The van der Waals surface area contributed by atoms with Crippen LogP contribution in [0.2, 0.25) is 0 Å². The summed E-state index contributed by atoms with van der Waals surface area (Å²) in [5.41, 5.74) is 6.73. The summed E-state index contributed by atoms with van der Waals surface area (Å²) in [5, 5.41) is 0.737. The van der Waals surface area contributed by atoms with Gasteiger partial charge in [-0.2, -0.15) is 0 Å². The minimum Gasteiger partial charge on any atom is -0.486 e. The van der Waals surface area contributed by atoms with Gasteiger partial charge in [0.25, 0.3) is 5.91 Å². The summed E-state index contributed by atoms with van der Waals surface area (Å²) < 4.78 is 19.9. The molecule has 11 nitrogen and oxygen atoms in total. The molecule has 0 radical (unpaired) electrons. The van der Waals surface area contributed by atoms with Crippen LogP contribution in [-0.2, 0) is 20.9 Å². The molecule has 0 spiro atoms. The molecular formula is C27H33BrN6O5S. The van der Waals surface area contributed by atoms with Gasteiger partial charge in [0.2, 0.25) is 0 Å². The van der Waals surface area contributed by atoms with Crippen LogP contribution in [0.1, 0.15) is 40.5 Å². The average molecular weight is 634 g/mol. The number of nitrogen functional groups attached to an aromatic ring is 1. The van der Waals surface area contributed by atoms with Gasteiger partial charge in [-0.3, -0.25) is 9.59 Å². The number of aromatic nitrogens is 4. The van der Waals surface area contributed by atoms with Crippen molar-refractivity contribution in [1.82, 2.24) is 24.4 Å². The number of ether oxygens (including phenoxy) is 3. The summed E-state index contributed by atoms with van der Waals surface area (Å²) in [6.45, 7) is 9.81. The number of benzene rings is 1. The topological polar surface area (TPSA) is 135 Å². The third-order valence-electron chi connectivity index (χ3n) is 6.93. The molecule has 2 aliphatic heterocycles. The fourth-order valence-corrected chi connectivity index (χ4v) is 6.13. The van der Waals surface area contributed by atoms with E-state index in [9.17, 15) is 9.59 Å². The van der Waals surface area contributed by atoms with Gasteiger partial charge in [-0.05, 0) is 74.5 Å². The van der Waals surface area contributed by atoms with Crippen LogP contribution in [0, 0.1) is 11.3 Å². The van der Waals surface area contributed by atoms with Crippen molar-refractivity contribution in [2.24, 2.45) is 11.3 Å². The lowest BCUT2D eigenvalue weighted by Crippen LogP contribution is -2.45. The Hall–Kier alpha value is -3.06. The van der Waals surface area contributed by atoms with Gasteiger partial charge in [-0.15, -0.1) is 0 Å². The molecule has 1 saturated heterocycles. The van der Waals surface area contributed by atoms with Gasteiger partial charge in [0, 0.05) is 29.0 Å². The summed E-state index contributed by atoms with van der Waals surface area (Å²) in [7, 11) is 0. The van der Waals surface area contributed by atoms with Crippen LogP contribution in [0.4, 0.5) is 5.82 Å². The Morgan fingerprint density at radius 2 is 1.85 bits per heavy atom. The number of amides is 1. The highest BCUT2D eigenvalue weighted by molar-refractivity contribution is 9.10. The second-order valence-electron chi connectivity index (χ2n) is 11.0. The Balaban J connectivity index is 1.31. The maximum atomic E-state index is 13.0. The lowest BCUT2D eigenvalue weighted by Gasteiger charge is -2.34. The van der Waals surface area contributed by atoms with E-state index in [1.807, 2.05) is 12.1 Å². The molecule has 0 saturated carbocycles. The summed E-state index contributed by atoms with van der Waals surface area (Å²) in [4.78, 5) is 41.3. The van der Waals surface area contributed by atoms with E-state index >= 15 is 0 Å². The zero-order valence-corrected chi connectivity index (χ0v) is 25.4. The molecule has 214 valence electrons. The molecule has 4 heterocycles. The van der Waals surface area contributed by atoms with Crippen LogP contribution in [0.15, 0.2) is 33.0 Å². The highest BCUT2D eigenvalue weighted by Crippen LogP contribution is 2.42. The summed E-state index contributed by atoms with van der Waals surface area (Å²) in [6, 6.07) is 3.85. The van der Waals surface area contributed by atoms with E-state index < -0.39 is 11.5 Å². The van der Waals surface area contributed by atoms with Gasteiger partial charge in [0.15, 0.2) is 39.7 Å². The molecule has 2 aliphatic rings. The lowest BCUT2D eigenvalue weighted by molar-refractivity contribution is -0.166. The normalized spacial score (nSPS) is 16.7. The fraction of sp³-hybridized carbons (Fsp3) is 0.519. The lowest BCUT2D eigenvalue weighted by atomic mass is 9.96. The van der Waals surface area contributed by atoms with E-state index in [1.165, 1.54) is 18.1 Å². The van der Waals surface area contributed by atoms with Crippen molar-refractivity contribution in [2.75, 3.05) is 32.0 Å². The molecule has 2 N–H and O–H groups in total. The van der Waals surface area contributed by atoms with E-state index in [0.717, 1.165) is 27.4 Å². The van der Waals surface area contributed by atoms with Crippen LogP contribution in [0.25, 0.3) is 11.2 Å². The number of hydrogen-bond donors (Lipinski definition) is 1. The number of nitrogens with zero attached hydrogens (tertiary/aromatic N) is 5. The van der Waals surface area contributed by atoms with E-state index in [4.69, 9.17) is 24.9 Å². The molecule has 1 aromatic carbocycles. The van der Waals surface area contributed by atoms with Gasteiger partial charge >= 0.3 is 5.97 Å². The van der Waals surface area contributed by atoms with Crippen molar-refractivity contribution in [3.8, 4) is 11.5 Å². The van der Waals surface area contributed by atoms with Crippen LogP contribution < -0.4 is 15.2 Å². The summed E-state index contributed by atoms with van der Waals surface area (Å²) in [6.07, 6.45) is 2.23. The maximum Gasteiger partial charge on any atom is 0.311 e. The van der Waals surface area contributed by atoms with Crippen molar-refractivity contribution >= 4 is 56.6 Å². The maximum absolute atomic E-state index is 13.0.